The van der Waals surface area contributed by atoms with Gasteiger partial charge in [0.1, 0.15) is 0 Å². The van der Waals surface area contributed by atoms with Gasteiger partial charge in [0.25, 0.3) is 0 Å². The zero-order valence-corrected chi connectivity index (χ0v) is 13.2. The fourth-order valence-corrected chi connectivity index (χ4v) is 0.744. The summed E-state index contributed by atoms with van der Waals surface area (Å²) in [5, 5.41) is 26.0. The Balaban J connectivity index is 0. The zero-order valence-electron chi connectivity index (χ0n) is 7.67. The van der Waals surface area contributed by atoms with Crippen LogP contribution < -0.4 is 5.90 Å². The van der Waals surface area contributed by atoms with Crippen LogP contribution in [-0.2, 0) is 19.2 Å². The van der Waals surface area contributed by atoms with E-state index in [9.17, 15) is 19.5 Å². The fourth-order valence-electron chi connectivity index (χ4n) is 0.744. The number of aliphatic hydroxyl groups is 1. The average molecular weight is 419 g/mol. The van der Waals surface area contributed by atoms with Gasteiger partial charge >= 0.3 is 44.1 Å². The van der Waals surface area contributed by atoms with Crippen LogP contribution in [0.5, 0.6) is 0 Å². The van der Waals surface area contributed by atoms with E-state index < -0.39 is 36.4 Å². The van der Waals surface area contributed by atoms with Crippen molar-refractivity contribution in [1.29, 1.82) is 0 Å². The first-order valence-corrected chi connectivity index (χ1v) is 3.39. The van der Waals surface area contributed by atoms with E-state index in [0.29, 0.717) is 0 Å². The van der Waals surface area contributed by atoms with E-state index in [1.807, 2.05) is 0 Å². The molecule has 0 radical (unpaired) electrons. The van der Waals surface area contributed by atoms with Crippen LogP contribution in [0.25, 0.3) is 0 Å². The van der Waals surface area contributed by atoms with Crippen LogP contribution in [0.2, 0.25) is 0 Å². The van der Waals surface area contributed by atoms with Crippen molar-refractivity contribution in [2.75, 3.05) is 0 Å². The minimum absolute atomic E-state index is 0. The Morgan fingerprint density at radius 2 is 1.67 bits per heavy atom. The third-order valence-electron chi connectivity index (χ3n) is 1.41. The molecule has 0 aliphatic rings. The molecule has 0 aromatic rings. The molecule has 0 aromatic carbocycles. The number of aliphatic carboxylic acids is 2. The van der Waals surface area contributed by atoms with E-state index >= 15 is 0 Å². The average Bonchev–Trinajstić information content (AvgIpc) is 2.02. The van der Waals surface area contributed by atoms with Gasteiger partial charge in [0.15, 0.2) is 5.60 Å². The van der Waals surface area contributed by atoms with Gasteiger partial charge in [0, 0.05) is 0 Å². The Hall–Kier alpha value is -0.787. The number of carbonyl (C=O) groups is 3. The maximum atomic E-state index is 10.5. The molecule has 0 amide bonds. The van der Waals surface area contributed by atoms with Crippen LogP contribution in [0.4, 0.5) is 0 Å². The Labute approximate surface area is 103 Å². The van der Waals surface area contributed by atoms with Gasteiger partial charge in [-0.2, -0.15) is 5.90 Å². The Morgan fingerprint density at radius 3 is 1.93 bits per heavy atom. The normalized spacial score (nSPS) is 13.2. The summed E-state index contributed by atoms with van der Waals surface area (Å²) < 4.78 is 0. The molecule has 0 bridgehead atoms. The van der Waals surface area contributed by atoms with Gasteiger partial charge in [-0.15, -0.1) is 0 Å². The van der Waals surface area contributed by atoms with Crippen LogP contribution in [0.3, 0.4) is 0 Å². The van der Waals surface area contributed by atoms with Gasteiger partial charge < -0.3 is 20.2 Å². The summed E-state index contributed by atoms with van der Waals surface area (Å²) in [6.07, 6.45) is -2.14. The molecule has 0 aliphatic carbocycles. The molecule has 1 atom stereocenters. The van der Waals surface area contributed by atoms with Crippen molar-refractivity contribution in [3.63, 3.8) is 0 Å². The Bertz CT molecular complexity index is 268. The molecule has 0 heterocycles. The summed E-state index contributed by atoms with van der Waals surface area (Å²) in [6.45, 7) is 0. The van der Waals surface area contributed by atoms with Crippen molar-refractivity contribution in [3.8, 4) is 0 Å². The second kappa shape index (κ2) is 6.65. The Morgan fingerprint density at radius 1 is 1.20 bits per heavy atom. The molecule has 1 unspecified atom stereocenters. The van der Waals surface area contributed by atoms with Crippen molar-refractivity contribution < 1.29 is 34.5 Å². The SMILES string of the molecule is NOC(=O)CC(O)(CC(=O)O)C(=O)O.[BiH3]. The van der Waals surface area contributed by atoms with Gasteiger partial charge in [-0.3, -0.25) is 9.59 Å². The summed E-state index contributed by atoms with van der Waals surface area (Å²) in [5.74, 6) is -0.187. The number of carboxylic acid groups (broad SMARTS) is 2. The summed E-state index contributed by atoms with van der Waals surface area (Å²) in [7, 11) is 0. The number of rotatable bonds is 5. The van der Waals surface area contributed by atoms with Crippen LogP contribution in [-0.4, -0.2) is 65.0 Å². The van der Waals surface area contributed by atoms with Crippen LogP contribution in [0, 0.1) is 0 Å². The summed E-state index contributed by atoms with van der Waals surface area (Å²) in [5.41, 5.74) is -2.69. The van der Waals surface area contributed by atoms with Crippen molar-refractivity contribution in [2.24, 2.45) is 5.90 Å². The van der Waals surface area contributed by atoms with Gasteiger partial charge in [0.05, 0.1) is 12.8 Å². The first-order chi connectivity index (χ1) is 6.31. The molecular formula is C6H12BiNO7. The van der Waals surface area contributed by atoms with E-state index in [1.54, 1.807) is 0 Å². The molecule has 0 rings (SSSR count). The number of nitrogens with two attached hydrogens (primary N) is 1. The predicted octanol–water partition coefficient (Wildman–Crippen LogP) is -3.10. The number of carbonyl (C=O) groups excluding carboxylic acids is 1. The van der Waals surface area contributed by atoms with E-state index in [0.717, 1.165) is 0 Å². The summed E-state index contributed by atoms with van der Waals surface area (Å²) >= 11 is 0. The topological polar surface area (TPSA) is 147 Å². The quantitative estimate of drug-likeness (QED) is 0.271. The first kappa shape index (κ1) is 16.6. The monoisotopic (exact) mass is 419 g/mol. The predicted molar refractivity (Wildman–Crippen MR) is 49.7 cm³/mol. The van der Waals surface area contributed by atoms with Gasteiger partial charge in [-0.25, -0.2) is 4.79 Å². The van der Waals surface area contributed by atoms with Crippen molar-refractivity contribution in [3.05, 3.63) is 0 Å². The third kappa shape index (κ3) is 5.61. The first-order valence-electron chi connectivity index (χ1n) is 3.39. The molecule has 0 saturated carbocycles. The molecule has 88 valence electrons. The molecule has 0 aliphatic heterocycles. The van der Waals surface area contributed by atoms with Crippen LogP contribution >= 0.6 is 0 Å². The minimum atomic E-state index is -2.69. The molecule has 0 saturated heterocycles. The van der Waals surface area contributed by atoms with Gasteiger partial charge in [-0.05, 0) is 0 Å². The molecular weight excluding hydrogens is 407 g/mol. The summed E-state index contributed by atoms with van der Waals surface area (Å²) in [6, 6.07) is 0. The molecule has 15 heavy (non-hydrogen) atoms. The maximum absolute atomic E-state index is 10.5. The molecule has 8 nitrogen and oxygen atoms in total. The second-order valence-electron chi connectivity index (χ2n) is 2.57. The standard InChI is InChI=1S/C6H9NO7.Bi.3H/c7-14-4(10)2-6(13,5(11)12)1-3(8)9;;;;/h13H,1-2,7H2,(H,8,9)(H,11,12);;;;. The van der Waals surface area contributed by atoms with Crippen LogP contribution in [0.15, 0.2) is 0 Å². The van der Waals surface area contributed by atoms with Gasteiger partial charge in [-0.1, -0.05) is 0 Å². The number of hydrogen-bond acceptors (Lipinski definition) is 6. The second-order valence-corrected chi connectivity index (χ2v) is 2.57. The van der Waals surface area contributed by atoms with Crippen molar-refractivity contribution in [2.45, 2.75) is 18.4 Å². The van der Waals surface area contributed by atoms with E-state index in [-0.39, 0.29) is 26.2 Å². The fraction of sp³-hybridized carbons (Fsp3) is 0.500. The van der Waals surface area contributed by atoms with Gasteiger partial charge in [0.2, 0.25) is 0 Å². The molecule has 0 aromatic heterocycles. The third-order valence-corrected chi connectivity index (χ3v) is 1.41. The molecule has 5 N–H and O–H groups in total. The molecule has 0 fully saturated rings. The van der Waals surface area contributed by atoms with E-state index in [1.165, 1.54) is 0 Å². The van der Waals surface area contributed by atoms with Crippen molar-refractivity contribution >= 4 is 44.1 Å². The van der Waals surface area contributed by atoms with Crippen molar-refractivity contribution in [1.82, 2.24) is 0 Å². The van der Waals surface area contributed by atoms with E-state index in [4.69, 9.17) is 10.2 Å². The number of hydrogen-bond donors (Lipinski definition) is 4. The summed E-state index contributed by atoms with van der Waals surface area (Å²) in [4.78, 5) is 34.8. The van der Waals surface area contributed by atoms with Crippen LogP contribution in [0.1, 0.15) is 12.8 Å². The zero-order chi connectivity index (χ0) is 11.4. The molecule has 9 heteroatoms. The van der Waals surface area contributed by atoms with E-state index in [2.05, 4.69) is 10.7 Å². The molecule has 0 spiro atoms. The Kier molecular flexibility index (Phi) is 7.38. The number of carboxylic acids is 2.